The molecule has 0 aliphatic carbocycles. The van der Waals surface area contributed by atoms with E-state index < -0.39 is 48.3 Å². The van der Waals surface area contributed by atoms with Crippen LogP contribution in [0.5, 0.6) is 0 Å². The van der Waals surface area contributed by atoms with Crippen molar-refractivity contribution in [3.63, 3.8) is 0 Å². The number of carbonyl (C=O) groups excluding carboxylic acids is 3. The maximum Gasteiger partial charge on any atom is 0.326 e. The van der Waals surface area contributed by atoms with Crippen molar-refractivity contribution in [3.05, 3.63) is 0 Å². The van der Waals surface area contributed by atoms with E-state index in [2.05, 4.69) is 33.9 Å². The van der Waals surface area contributed by atoms with Crippen LogP contribution in [0.1, 0.15) is 25.7 Å². The molecule has 0 aromatic carbocycles. The lowest BCUT2D eigenvalue weighted by Gasteiger charge is -2.24. The topological polar surface area (TPSA) is 174 Å². The van der Waals surface area contributed by atoms with E-state index in [-0.39, 0.29) is 17.7 Å². The van der Waals surface area contributed by atoms with Crippen LogP contribution in [0.25, 0.3) is 0 Å². The molecule has 4 atom stereocenters. The van der Waals surface area contributed by atoms with Gasteiger partial charge in [0.15, 0.2) is 0 Å². The van der Waals surface area contributed by atoms with Gasteiger partial charge in [-0.1, -0.05) is 0 Å². The van der Waals surface area contributed by atoms with Crippen LogP contribution in [0.4, 0.5) is 0 Å². The summed E-state index contributed by atoms with van der Waals surface area (Å²) in [4.78, 5) is 59.3. The molecule has 170 valence electrons. The number of thioether (sulfide) groups is 1. The Morgan fingerprint density at radius 3 is 2.20 bits per heavy atom. The summed E-state index contributed by atoms with van der Waals surface area (Å²) in [6, 6.07) is -4.09. The van der Waals surface area contributed by atoms with Crippen LogP contribution in [0.15, 0.2) is 0 Å². The minimum absolute atomic E-state index is 0.148. The number of aliphatic carboxylic acids is 2. The molecule has 1 saturated heterocycles. The molecular weight excluding hydrogens is 436 g/mol. The van der Waals surface area contributed by atoms with Crippen LogP contribution in [-0.4, -0.2) is 88.3 Å². The van der Waals surface area contributed by atoms with Crippen molar-refractivity contribution in [2.24, 2.45) is 0 Å². The highest BCUT2D eigenvalue weighted by molar-refractivity contribution is 7.98. The van der Waals surface area contributed by atoms with Crippen molar-refractivity contribution < 1.29 is 34.2 Å². The summed E-state index contributed by atoms with van der Waals surface area (Å²) in [6.07, 6.45) is 2.92. The van der Waals surface area contributed by atoms with Crippen molar-refractivity contribution >= 4 is 54.1 Å². The van der Waals surface area contributed by atoms with Crippen LogP contribution in [0.3, 0.4) is 0 Å². The van der Waals surface area contributed by atoms with E-state index in [9.17, 15) is 24.0 Å². The Morgan fingerprint density at radius 2 is 1.70 bits per heavy atom. The minimum atomic E-state index is -1.64. The number of hydrogen-bond donors (Lipinski definition) is 7. The lowest BCUT2D eigenvalue weighted by atomic mass is 10.1. The van der Waals surface area contributed by atoms with E-state index >= 15 is 0 Å². The number of rotatable bonds is 13. The van der Waals surface area contributed by atoms with Crippen molar-refractivity contribution in [1.29, 1.82) is 0 Å². The standard InChI is InChI=1S/C17H28N4O7S2/c1-30-6-4-10(19-14(24)9-3-2-5-18-9)15(25)21-12(8-29)16(26)20-11(17(27)28)7-13(22)23/h9-12,18,29H,2-8H2,1H3,(H,19,24)(H,20,26)(H,21,25)(H,22,23)(H,27,28). The van der Waals surface area contributed by atoms with E-state index in [0.29, 0.717) is 18.6 Å². The van der Waals surface area contributed by atoms with Gasteiger partial charge in [0.25, 0.3) is 0 Å². The Hall–Kier alpha value is -1.99. The van der Waals surface area contributed by atoms with Crippen LogP contribution in [0, 0.1) is 0 Å². The third-order valence-electron chi connectivity index (χ3n) is 4.43. The molecule has 1 rings (SSSR count). The molecule has 1 fully saturated rings. The van der Waals surface area contributed by atoms with E-state index in [4.69, 9.17) is 10.2 Å². The van der Waals surface area contributed by atoms with Crippen molar-refractivity contribution in [3.8, 4) is 0 Å². The largest absolute Gasteiger partial charge is 0.481 e. The average molecular weight is 465 g/mol. The van der Waals surface area contributed by atoms with Gasteiger partial charge in [0, 0.05) is 5.75 Å². The van der Waals surface area contributed by atoms with Gasteiger partial charge in [0.1, 0.15) is 18.1 Å². The second-order valence-corrected chi connectivity index (χ2v) is 8.08. The van der Waals surface area contributed by atoms with Gasteiger partial charge < -0.3 is 31.5 Å². The fourth-order valence-electron chi connectivity index (χ4n) is 2.80. The number of nitrogens with one attached hydrogen (secondary N) is 4. The molecule has 11 nitrogen and oxygen atoms in total. The first-order valence-corrected chi connectivity index (χ1v) is 11.4. The number of carboxylic acids is 2. The molecule has 13 heteroatoms. The first-order chi connectivity index (χ1) is 14.2. The molecule has 6 N–H and O–H groups in total. The van der Waals surface area contributed by atoms with Crippen molar-refractivity contribution in [1.82, 2.24) is 21.3 Å². The van der Waals surface area contributed by atoms with Crippen LogP contribution in [0.2, 0.25) is 0 Å². The van der Waals surface area contributed by atoms with Crippen LogP contribution < -0.4 is 21.3 Å². The number of carbonyl (C=O) groups is 5. The lowest BCUT2D eigenvalue weighted by molar-refractivity contribution is -0.147. The van der Waals surface area contributed by atoms with Crippen molar-refractivity contribution in [2.45, 2.75) is 49.9 Å². The Kier molecular flexibility index (Phi) is 11.6. The monoisotopic (exact) mass is 464 g/mol. The summed E-state index contributed by atoms with van der Waals surface area (Å²) in [5.74, 6) is -4.24. The predicted molar refractivity (Wildman–Crippen MR) is 114 cm³/mol. The predicted octanol–water partition coefficient (Wildman–Crippen LogP) is -1.56. The van der Waals surface area contributed by atoms with E-state index in [0.717, 1.165) is 13.0 Å². The minimum Gasteiger partial charge on any atom is -0.481 e. The maximum absolute atomic E-state index is 12.7. The van der Waals surface area contributed by atoms with E-state index in [1.807, 2.05) is 6.26 Å². The Balaban J connectivity index is 2.76. The molecule has 1 aliphatic heterocycles. The zero-order valence-electron chi connectivity index (χ0n) is 16.6. The second kappa shape index (κ2) is 13.3. The molecule has 0 aromatic rings. The van der Waals surface area contributed by atoms with E-state index in [1.54, 1.807) is 0 Å². The van der Waals surface area contributed by atoms with Gasteiger partial charge in [0.05, 0.1) is 12.5 Å². The molecule has 3 amide bonds. The molecular formula is C17H28N4O7S2. The molecule has 1 heterocycles. The Bertz CT molecular complexity index is 644. The molecule has 0 saturated carbocycles. The zero-order valence-corrected chi connectivity index (χ0v) is 18.3. The molecule has 30 heavy (non-hydrogen) atoms. The number of hydrogen-bond acceptors (Lipinski definition) is 8. The molecule has 1 aliphatic rings. The van der Waals surface area contributed by atoms with Gasteiger partial charge in [-0.2, -0.15) is 24.4 Å². The van der Waals surface area contributed by atoms with E-state index in [1.165, 1.54) is 11.8 Å². The summed E-state index contributed by atoms with van der Waals surface area (Å²) in [7, 11) is 0. The van der Waals surface area contributed by atoms with Crippen LogP contribution in [-0.2, 0) is 24.0 Å². The quantitative estimate of drug-likeness (QED) is 0.159. The highest BCUT2D eigenvalue weighted by Gasteiger charge is 2.31. The highest BCUT2D eigenvalue weighted by Crippen LogP contribution is 2.08. The molecule has 0 bridgehead atoms. The summed E-state index contributed by atoms with van der Waals surface area (Å²) >= 11 is 5.51. The second-order valence-electron chi connectivity index (χ2n) is 6.73. The SMILES string of the molecule is CSCCC(NC(=O)C1CCCN1)C(=O)NC(CS)C(=O)NC(CC(=O)O)C(=O)O. The molecule has 0 aromatic heterocycles. The smallest absolute Gasteiger partial charge is 0.326 e. The number of carboxylic acid groups (broad SMARTS) is 2. The summed E-state index contributed by atoms with van der Waals surface area (Å²) in [5, 5.41) is 28.1. The first kappa shape index (κ1) is 26.0. The highest BCUT2D eigenvalue weighted by atomic mass is 32.2. The third kappa shape index (κ3) is 8.79. The molecule has 0 radical (unpaired) electrons. The number of thiol groups is 1. The van der Waals surface area contributed by atoms with Crippen LogP contribution >= 0.6 is 24.4 Å². The fraction of sp³-hybridized carbons (Fsp3) is 0.706. The molecule has 4 unspecified atom stereocenters. The summed E-state index contributed by atoms with van der Waals surface area (Å²) in [5.41, 5.74) is 0. The normalized spacial score (nSPS) is 18.7. The number of amides is 3. The van der Waals surface area contributed by atoms with Gasteiger partial charge in [-0.15, -0.1) is 0 Å². The summed E-state index contributed by atoms with van der Waals surface area (Å²) < 4.78 is 0. The fourth-order valence-corrected chi connectivity index (χ4v) is 3.53. The Morgan fingerprint density at radius 1 is 1.07 bits per heavy atom. The first-order valence-electron chi connectivity index (χ1n) is 9.38. The van der Waals surface area contributed by atoms with Gasteiger partial charge in [-0.05, 0) is 37.8 Å². The lowest BCUT2D eigenvalue weighted by Crippen LogP contribution is -2.57. The summed E-state index contributed by atoms with van der Waals surface area (Å²) in [6.45, 7) is 0.725. The maximum atomic E-state index is 12.7. The average Bonchev–Trinajstić information content (AvgIpc) is 3.22. The van der Waals surface area contributed by atoms with Gasteiger partial charge in [-0.3, -0.25) is 19.2 Å². The van der Waals surface area contributed by atoms with Gasteiger partial charge in [-0.25, -0.2) is 4.79 Å². The van der Waals surface area contributed by atoms with Gasteiger partial charge >= 0.3 is 11.9 Å². The third-order valence-corrected chi connectivity index (χ3v) is 5.44. The Labute approximate surface area is 183 Å². The van der Waals surface area contributed by atoms with Crippen molar-refractivity contribution in [2.75, 3.05) is 24.3 Å². The molecule has 0 spiro atoms. The van der Waals surface area contributed by atoms with Gasteiger partial charge in [0.2, 0.25) is 17.7 Å². The zero-order chi connectivity index (χ0) is 22.7.